The van der Waals surface area contributed by atoms with Gasteiger partial charge < -0.3 is 15.5 Å². The van der Waals surface area contributed by atoms with Crippen LogP contribution in [0.5, 0.6) is 5.75 Å². The minimum atomic E-state index is 0.725. The second-order valence-corrected chi connectivity index (χ2v) is 3.14. The van der Waals surface area contributed by atoms with Crippen molar-refractivity contribution in [2.24, 2.45) is 0 Å². The van der Waals surface area contributed by atoms with Gasteiger partial charge in [0.25, 0.3) is 0 Å². The molecule has 0 aliphatic carbocycles. The lowest BCUT2D eigenvalue weighted by Crippen LogP contribution is -1.88. The number of rotatable bonds is 1. The maximum Gasteiger partial charge on any atom is 0.144 e. The maximum absolute atomic E-state index is 5.72. The van der Waals surface area contributed by atoms with Crippen LogP contribution < -0.4 is 10.5 Å². The first-order valence-corrected chi connectivity index (χ1v) is 4.13. The number of benzene rings is 1. The number of hydrogen-bond acceptors (Lipinski definition) is 2. The summed E-state index contributed by atoms with van der Waals surface area (Å²) in [6.45, 7) is 2.01. The fourth-order valence-corrected chi connectivity index (χ4v) is 1.53. The van der Waals surface area contributed by atoms with E-state index < -0.39 is 0 Å². The normalized spacial score (nSPS) is 10.6. The van der Waals surface area contributed by atoms with E-state index in [1.165, 1.54) is 0 Å². The van der Waals surface area contributed by atoms with E-state index in [0.717, 1.165) is 28.0 Å². The number of nitrogen functional groups attached to an aromatic ring is 1. The molecule has 3 heteroatoms. The van der Waals surface area contributed by atoms with E-state index in [0.29, 0.717) is 0 Å². The molecule has 0 radical (unpaired) electrons. The van der Waals surface area contributed by atoms with Gasteiger partial charge >= 0.3 is 0 Å². The van der Waals surface area contributed by atoms with Crippen LogP contribution in [0.4, 0.5) is 5.69 Å². The molecule has 3 nitrogen and oxygen atoms in total. The third kappa shape index (κ3) is 1.22. The van der Waals surface area contributed by atoms with Crippen molar-refractivity contribution < 1.29 is 4.74 Å². The van der Waals surface area contributed by atoms with E-state index in [4.69, 9.17) is 10.5 Å². The maximum atomic E-state index is 5.72. The molecule has 0 spiro atoms. The Labute approximate surface area is 76.5 Å². The Balaban J connectivity index is 2.80. The van der Waals surface area contributed by atoms with Crippen LogP contribution in [-0.2, 0) is 0 Å². The summed E-state index contributed by atoms with van der Waals surface area (Å²) >= 11 is 0. The molecule has 0 fully saturated rings. The summed E-state index contributed by atoms with van der Waals surface area (Å²) in [6.07, 6.45) is 0. The summed E-state index contributed by atoms with van der Waals surface area (Å²) in [5.74, 6) is 0.795. The van der Waals surface area contributed by atoms with Crippen LogP contribution in [-0.4, -0.2) is 12.1 Å². The molecule has 1 aromatic heterocycles. The Bertz CT molecular complexity index is 445. The Morgan fingerprint density at radius 2 is 2.08 bits per heavy atom. The molecule has 0 saturated carbocycles. The van der Waals surface area contributed by atoms with Crippen molar-refractivity contribution >= 4 is 16.6 Å². The van der Waals surface area contributed by atoms with Crippen LogP contribution in [0, 0.1) is 6.92 Å². The molecule has 1 aromatic carbocycles. The fraction of sp³-hybridized carbons (Fsp3) is 0.200. The highest BCUT2D eigenvalue weighted by Gasteiger charge is 2.04. The molecule has 0 atom stereocenters. The van der Waals surface area contributed by atoms with Crippen LogP contribution in [0.1, 0.15) is 5.69 Å². The number of nitrogens with one attached hydrogen (secondary N) is 1. The summed E-state index contributed by atoms with van der Waals surface area (Å²) in [5.41, 5.74) is 8.56. The SMILES string of the molecule is COc1cc(N)cc2cc(C)[nH]c12. The third-order valence-corrected chi connectivity index (χ3v) is 2.07. The Hall–Kier alpha value is -1.64. The van der Waals surface area contributed by atoms with Crippen LogP contribution >= 0.6 is 0 Å². The second kappa shape index (κ2) is 2.69. The molecule has 0 bridgehead atoms. The van der Waals surface area contributed by atoms with Crippen molar-refractivity contribution in [3.8, 4) is 5.75 Å². The molecule has 3 N–H and O–H groups in total. The van der Waals surface area contributed by atoms with Gasteiger partial charge in [0.05, 0.1) is 12.6 Å². The van der Waals surface area contributed by atoms with Gasteiger partial charge in [0.15, 0.2) is 0 Å². The third-order valence-electron chi connectivity index (χ3n) is 2.07. The monoisotopic (exact) mass is 176 g/mol. The number of H-pyrrole nitrogens is 1. The number of fused-ring (bicyclic) bond motifs is 1. The van der Waals surface area contributed by atoms with E-state index >= 15 is 0 Å². The summed E-state index contributed by atoms with van der Waals surface area (Å²) in [7, 11) is 1.64. The molecule has 0 aliphatic heterocycles. The number of anilines is 1. The van der Waals surface area contributed by atoms with E-state index in [1.54, 1.807) is 7.11 Å². The predicted molar refractivity (Wildman–Crippen MR) is 54.0 cm³/mol. The van der Waals surface area contributed by atoms with Gasteiger partial charge in [-0.2, -0.15) is 0 Å². The fourth-order valence-electron chi connectivity index (χ4n) is 1.53. The molecule has 2 aromatic rings. The highest BCUT2D eigenvalue weighted by Crippen LogP contribution is 2.28. The van der Waals surface area contributed by atoms with Crippen molar-refractivity contribution in [1.82, 2.24) is 4.98 Å². The van der Waals surface area contributed by atoms with Crippen molar-refractivity contribution in [1.29, 1.82) is 0 Å². The van der Waals surface area contributed by atoms with Crippen LogP contribution in [0.2, 0.25) is 0 Å². The second-order valence-electron chi connectivity index (χ2n) is 3.14. The number of ether oxygens (including phenoxy) is 1. The number of hydrogen-bond donors (Lipinski definition) is 2. The molecule has 0 amide bonds. The van der Waals surface area contributed by atoms with E-state index in [-0.39, 0.29) is 0 Å². The van der Waals surface area contributed by atoms with Gasteiger partial charge in [-0.05, 0) is 19.1 Å². The number of aryl methyl sites for hydroxylation is 1. The minimum Gasteiger partial charge on any atom is -0.494 e. The average Bonchev–Trinajstić information content (AvgIpc) is 2.43. The molecular formula is C10H12N2O. The van der Waals surface area contributed by atoms with Gasteiger partial charge in [-0.1, -0.05) is 0 Å². The highest BCUT2D eigenvalue weighted by molar-refractivity contribution is 5.89. The largest absolute Gasteiger partial charge is 0.494 e. The van der Waals surface area contributed by atoms with Gasteiger partial charge in [0, 0.05) is 22.8 Å². The zero-order valence-corrected chi connectivity index (χ0v) is 7.72. The van der Waals surface area contributed by atoms with Gasteiger partial charge in [-0.3, -0.25) is 0 Å². The molecule has 0 aliphatic rings. The molecule has 1 heterocycles. The molecule has 68 valence electrons. The first-order valence-electron chi connectivity index (χ1n) is 4.13. The van der Waals surface area contributed by atoms with Gasteiger partial charge in [-0.25, -0.2) is 0 Å². The number of aromatic nitrogens is 1. The summed E-state index contributed by atoms with van der Waals surface area (Å²) in [6, 6.07) is 5.80. The van der Waals surface area contributed by atoms with Crippen molar-refractivity contribution in [2.45, 2.75) is 6.92 Å². The first kappa shape index (κ1) is 7.98. The summed E-state index contributed by atoms with van der Waals surface area (Å²) in [5, 5.41) is 1.09. The lowest BCUT2D eigenvalue weighted by Gasteiger charge is -2.02. The Morgan fingerprint density at radius 3 is 2.77 bits per heavy atom. The minimum absolute atomic E-state index is 0.725. The molecular weight excluding hydrogens is 164 g/mol. The van der Waals surface area contributed by atoms with Crippen LogP contribution in [0.25, 0.3) is 10.9 Å². The molecule has 0 saturated heterocycles. The highest BCUT2D eigenvalue weighted by atomic mass is 16.5. The summed E-state index contributed by atoms with van der Waals surface area (Å²) < 4.78 is 5.21. The lowest BCUT2D eigenvalue weighted by atomic mass is 10.2. The Morgan fingerprint density at radius 1 is 1.31 bits per heavy atom. The van der Waals surface area contributed by atoms with E-state index in [1.807, 2.05) is 25.1 Å². The summed E-state index contributed by atoms with van der Waals surface area (Å²) in [4.78, 5) is 3.22. The quantitative estimate of drug-likeness (QED) is 0.653. The molecule has 13 heavy (non-hydrogen) atoms. The predicted octanol–water partition coefficient (Wildman–Crippen LogP) is 2.07. The zero-order chi connectivity index (χ0) is 9.42. The number of aromatic amines is 1. The molecule has 0 unspecified atom stereocenters. The van der Waals surface area contributed by atoms with Gasteiger partial charge in [0.2, 0.25) is 0 Å². The van der Waals surface area contributed by atoms with Crippen molar-refractivity contribution in [2.75, 3.05) is 12.8 Å². The average molecular weight is 176 g/mol. The Kier molecular flexibility index (Phi) is 1.65. The number of methoxy groups -OCH3 is 1. The van der Waals surface area contributed by atoms with Crippen molar-refractivity contribution in [3.05, 3.63) is 23.9 Å². The van der Waals surface area contributed by atoms with Crippen LogP contribution in [0.3, 0.4) is 0 Å². The van der Waals surface area contributed by atoms with E-state index in [2.05, 4.69) is 4.98 Å². The number of nitrogens with two attached hydrogens (primary N) is 1. The van der Waals surface area contributed by atoms with Crippen molar-refractivity contribution in [3.63, 3.8) is 0 Å². The van der Waals surface area contributed by atoms with Gasteiger partial charge in [-0.15, -0.1) is 0 Å². The lowest BCUT2D eigenvalue weighted by molar-refractivity contribution is 0.419. The standard InChI is InChI=1S/C10H12N2O/c1-6-3-7-4-8(11)5-9(13-2)10(7)12-6/h3-5,12H,11H2,1-2H3. The topological polar surface area (TPSA) is 51.0 Å². The van der Waals surface area contributed by atoms with Crippen LogP contribution in [0.15, 0.2) is 18.2 Å². The smallest absolute Gasteiger partial charge is 0.144 e. The van der Waals surface area contributed by atoms with E-state index in [9.17, 15) is 0 Å². The zero-order valence-electron chi connectivity index (χ0n) is 7.72. The van der Waals surface area contributed by atoms with Gasteiger partial charge in [0.1, 0.15) is 5.75 Å². The first-order chi connectivity index (χ1) is 6.20. The molecule has 2 rings (SSSR count).